The van der Waals surface area contributed by atoms with Gasteiger partial charge in [-0.15, -0.1) is 0 Å². The van der Waals surface area contributed by atoms with Gasteiger partial charge in [-0.1, -0.05) is 24.3 Å². The second kappa shape index (κ2) is 5.65. The average Bonchev–Trinajstić information content (AvgIpc) is 2.41. The number of anilines is 1. The number of hydrogen-bond acceptors (Lipinski definition) is 3. The van der Waals surface area contributed by atoms with Crippen molar-refractivity contribution in [2.24, 2.45) is 0 Å². The Labute approximate surface area is 113 Å². The molecule has 2 aromatic rings. The van der Waals surface area contributed by atoms with Crippen molar-refractivity contribution in [1.29, 1.82) is 0 Å². The number of para-hydroxylation sites is 1. The molecule has 3 nitrogen and oxygen atoms in total. The first-order chi connectivity index (χ1) is 9.11. The smallest absolute Gasteiger partial charge is 0.142 e. The first-order valence-corrected chi connectivity index (χ1v) is 6.28. The Kier molecular flexibility index (Phi) is 3.95. The van der Waals surface area contributed by atoms with Gasteiger partial charge in [-0.3, -0.25) is 0 Å². The van der Waals surface area contributed by atoms with E-state index in [1.807, 2.05) is 50.2 Å². The zero-order chi connectivity index (χ0) is 13.8. The Morgan fingerprint density at radius 2 is 1.95 bits per heavy atom. The number of phenolic OH excluding ortho intramolecular Hbond substituents is 1. The monoisotopic (exact) mass is 257 g/mol. The predicted octanol–water partition coefficient (Wildman–Crippen LogP) is 3.63. The van der Waals surface area contributed by atoms with E-state index >= 15 is 0 Å². The zero-order valence-electron chi connectivity index (χ0n) is 11.5. The van der Waals surface area contributed by atoms with Gasteiger partial charge in [0, 0.05) is 12.1 Å². The van der Waals surface area contributed by atoms with Crippen LogP contribution in [0, 0.1) is 13.8 Å². The Morgan fingerprint density at radius 3 is 2.68 bits per heavy atom. The fraction of sp³-hybridized carbons (Fsp3) is 0.250. The van der Waals surface area contributed by atoms with Crippen LogP contribution in [0.1, 0.15) is 16.7 Å². The highest BCUT2D eigenvalue weighted by Crippen LogP contribution is 2.27. The fourth-order valence-electron chi connectivity index (χ4n) is 2.00. The minimum Gasteiger partial charge on any atom is -0.507 e. The van der Waals surface area contributed by atoms with Gasteiger partial charge in [0.1, 0.15) is 11.5 Å². The zero-order valence-corrected chi connectivity index (χ0v) is 11.5. The summed E-state index contributed by atoms with van der Waals surface area (Å²) in [7, 11) is 1.66. The van der Waals surface area contributed by atoms with Gasteiger partial charge < -0.3 is 15.2 Å². The molecule has 0 amide bonds. The molecule has 0 aliphatic heterocycles. The molecule has 0 aromatic heterocycles. The Morgan fingerprint density at radius 1 is 1.16 bits per heavy atom. The molecule has 2 rings (SSSR count). The maximum Gasteiger partial charge on any atom is 0.142 e. The topological polar surface area (TPSA) is 41.5 Å². The third-order valence-electron chi connectivity index (χ3n) is 3.15. The van der Waals surface area contributed by atoms with Crippen molar-refractivity contribution >= 4 is 5.69 Å². The third kappa shape index (κ3) is 2.99. The van der Waals surface area contributed by atoms with E-state index in [0.717, 1.165) is 28.1 Å². The van der Waals surface area contributed by atoms with Gasteiger partial charge in [0.2, 0.25) is 0 Å². The molecular formula is C16H19NO2. The van der Waals surface area contributed by atoms with E-state index in [0.29, 0.717) is 12.3 Å². The first kappa shape index (κ1) is 13.3. The number of rotatable bonds is 4. The minimum absolute atomic E-state index is 0.348. The maximum absolute atomic E-state index is 9.97. The maximum atomic E-state index is 9.97. The lowest BCUT2D eigenvalue weighted by molar-refractivity contribution is 0.416. The van der Waals surface area contributed by atoms with Crippen LogP contribution < -0.4 is 10.1 Å². The molecular weight excluding hydrogens is 238 g/mol. The highest BCUT2D eigenvalue weighted by molar-refractivity contribution is 5.58. The molecule has 0 aliphatic rings. The first-order valence-electron chi connectivity index (χ1n) is 6.28. The SMILES string of the molecule is COc1cc(C)ccc1NCc1cccc(C)c1O. The Bertz CT molecular complexity index is 579. The number of phenols is 1. The highest BCUT2D eigenvalue weighted by Gasteiger charge is 2.06. The van der Waals surface area contributed by atoms with Crippen LogP contribution in [0.5, 0.6) is 11.5 Å². The van der Waals surface area contributed by atoms with E-state index in [2.05, 4.69) is 5.32 Å². The normalized spacial score (nSPS) is 10.3. The molecule has 0 bridgehead atoms. The number of aromatic hydroxyl groups is 1. The number of benzene rings is 2. The van der Waals surface area contributed by atoms with Crippen LogP contribution in [0.3, 0.4) is 0 Å². The number of nitrogens with one attached hydrogen (secondary N) is 1. The summed E-state index contributed by atoms with van der Waals surface area (Å²) < 4.78 is 5.34. The van der Waals surface area contributed by atoms with E-state index < -0.39 is 0 Å². The second-order valence-electron chi connectivity index (χ2n) is 4.64. The summed E-state index contributed by atoms with van der Waals surface area (Å²) in [5, 5.41) is 13.3. The number of methoxy groups -OCH3 is 1. The summed E-state index contributed by atoms with van der Waals surface area (Å²) in [6.45, 7) is 4.48. The van der Waals surface area contributed by atoms with Gasteiger partial charge in [0.25, 0.3) is 0 Å². The lowest BCUT2D eigenvalue weighted by atomic mass is 10.1. The Hall–Kier alpha value is -2.16. The van der Waals surface area contributed by atoms with Crippen molar-refractivity contribution in [3.63, 3.8) is 0 Å². The van der Waals surface area contributed by atoms with Crippen LogP contribution in [0.25, 0.3) is 0 Å². The van der Waals surface area contributed by atoms with Crippen molar-refractivity contribution in [3.8, 4) is 11.5 Å². The van der Waals surface area contributed by atoms with Gasteiger partial charge in [0.05, 0.1) is 12.8 Å². The molecule has 0 saturated carbocycles. The van der Waals surface area contributed by atoms with Crippen LogP contribution in [0.4, 0.5) is 5.69 Å². The second-order valence-corrected chi connectivity index (χ2v) is 4.64. The Balaban J connectivity index is 2.17. The molecule has 0 unspecified atom stereocenters. The summed E-state index contributed by atoms with van der Waals surface area (Å²) >= 11 is 0. The van der Waals surface area contributed by atoms with Crippen LogP contribution in [-0.2, 0) is 6.54 Å². The minimum atomic E-state index is 0.348. The standard InChI is InChI=1S/C16H19NO2/c1-11-7-8-14(15(9-11)19-3)17-10-13-6-4-5-12(2)16(13)18/h4-9,17-18H,10H2,1-3H3. The molecule has 2 N–H and O–H groups in total. The van der Waals surface area contributed by atoms with Gasteiger partial charge >= 0.3 is 0 Å². The molecule has 0 heterocycles. The van der Waals surface area contributed by atoms with Crippen LogP contribution in [-0.4, -0.2) is 12.2 Å². The van der Waals surface area contributed by atoms with Crippen LogP contribution in [0.15, 0.2) is 36.4 Å². The molecule has 0 atom stereocenters. The largest absolute Gasteiger partial charge is 0.507 e. The number of ether oxygens (including phenoxy) is 1. The summed E-state index contributed by atoms with van der Waals surface area (Å²) in [5.41, 5.74) is 3.84. The van der Waals surface area contributed by atoms with Gasteiger partial charge in [-0.25, -0.2) is 0 Å². The molecule has 100 valence electrons. The van der Waals surface area contributed by atoms with Crippen molar-refractivity contribution in [2.75, 3.05) is 12.4 Å². The average molecular weight is 257 g/mol. The quantitative estimate of drug-likeness (QED) is 0.878. The van der Waals surface area contributed by atoms with Gasteiger partial charge in [0.15, 0.2) is 0 Å². The molecule has 0 aliphatic carbocycles. The van der Waals surface area contributed by atoms with Crippen molar-refractivity contribution in [1.82, 2.24) is 0 Å². The summed E-state index contributed by atoms with van der Waals surface area (Å²) in [6, 6.07) is 11.8. The number of aryl methyl sites for hydroxylation is 2. The van der Waals surface area contributed by atoms with E-state index in [4.69, 9.17) is 4.74 Å². The molecule has 3 heteroatoms. The highest BCUT2D eigenvalue weighted by atomic mass is 16.5. The predicted molar refractivity (Wildman–Crippen MR) is 77.9 cm³/mol. The van der Waals surface area contributed by atoms with Crippen LogP contribution >= 0.6 is 0 Å². The lowest BCUT2D eigenvalue weighted by Crippen LogP contribution is -2.02. The van der Waals surface area contributed by atoms with E-state index in [1.165, 1.54) is 0 Å². The molecule has 2 aromatic carbocycles. The lowest BCUT2D eigenvalue weighted by Gasteiger charge is -2.13. The van der Waals surface area contributed by atoms with Crippen LogP contribution in [0.2, 0.25) is 0 Å². The summed E-state index contributed by atoms with van der Waals surface area (Å²) in [6.07, 6.45) is 0. The van der Waals surface area contributed by atoms with Gasteiger partial charge in [-0.2, -0.15) is 0 Å². The molecule has 19 heavy (non-hydrogen) atoms. The van der Waals surface area contributed by atoms with E-state index in [-0.39, 0.29) is 0 Å². The molecule has 0 saturated heterocycles. The fourth-order valence-corrected chi connectivity index (χ4v) is 2.00. The summed E-state index contributed by atoms with van der Waals surface area (Å²) in [5.74, 6) is 1.16. The molecule has 0 fully saturated rings. The van der Waals surface area contributed by atoms with E-state index in [9.17, 15) is 5.11 Å². The number of hydrogen-bond donors (Lipinski definition) is 2. The van der Waals surface area contributed by atoms with Crippen molar-refractivity contribution in [3.05, 3.63) is 53.1 Å². The molecule has 0 radical (unpaired) electrons. The third-order valence-corrected chi connectivity index (χ3v) is 3.15. The van der Waals surface area contributed by atoms with E-state index in [1.54, 1.807) is 7.11 Å². The van der Waals surface area contributed by atoms with Crippen molar-refractivity contribution < 1.29 is 9.84 Å². The van der Waals surface area contributed by atoms with Crippen molar-refractivity contribution in [2.45, 2.75) is 20.4 Å². The molecule has 0 spiro atoms. The summed E-state index contributed by atoms with van der Waals surface area (Å²) in [4.78, 5) is 0. The van der Waals surface area contributed by atoms with Gasteiger partial charge in [-0.05, 0) is 37.1 Å².